The van der Waals surface area contributed by atoms with Crippen molar-refractivity contribution in [3.05, 3.63) is 35.4 Å². The van der Waals surface area contributed by atoms with Crippen LogP contribution in [0.3, 0.4) is 0 Å². The van der Waals surface area contributed by atoms with Crippen LogP contribution in [0.15, 0.2) is 24.3 Å². The minimum atomic E-state index is 0.159. The molecule has 0 radical (unpaired) electrons. The van der Waals surface area contributed by atoms with E-state index in [1.807, 2.05) is 39.0 Å². The van der Waals surface area contributed by atoms with Gasteiger partial charge < -0.3 is 5.11 Å². The summed E-state index contributed by atoms with van der Waals surface area (Å²) >= 11 is 0. The molecule has 0 atom stereocenters. The molecule has 0 saturated heterocycles. The Hall–Kier alpha value is -1.77. The predicted octanol–water partition coefficient (Wildman–Crippen LogP) is 3.45. The van der Waals surface area contributed by atoms with Crippen LogP contribution in [0.1, 0.15) is 31.0 Å². The van der Waals surface area contributed by atoms with E-state index >= 15 is 0 Å². The van der Waals surface area contributed by atoms with Gasteiger partial charge in [-0.25, -0.2) is 4.68 Å². The van der Waals surface area contributed by atoms with Crippen molar-refractivity contribution >= 4 is 0 Å². The van der Waals surface area contributed by atoms with E-state index < -0.39 is 0 Å². The van der Waals surface area contributed by atoms with Gasteiger partial charge in [-0.1, -0.05) is 24.3 Å². The van der Waals surface area contributed by atoms with Crippen molar-refractivity contribution in [1.82, 2.24) is 9.78 Å². The fourth-order valence-corrected chi connectivity index (χ4v) is 1.96. The lowest BCUT2D eigenvalue weighted by Gasteiger charge is -2.06. The van der Waals surface area contributed by atoms with Crippen LogP contribution in [0.5, 0.6) is 5.88 Å². The minimum Gasteiger partial charge on any atom is -0.493 e. The topological polar surface area (TPSA) is 38.0 Å². The van der Waals surface area contributed by atoms with Crippen molar-refractivity contribution in [3.8, 4) is 17.1 Å². The highest BCUT2D eigenvalue weighted by Gasteiger charge is 2.17. The van der Waals surface area contributed by atoms with Gasteiger partial charge in [-0.2, -0.15) is 5.10 Å². The second kappa shape index (κ2) is 4.24. The van der Waals surface area contributed by atoms with Crippen LogP contribution in [-0.2, 0) is 0 Å². The van der Waals surface area contributed by atoms with Crippen molar-refractivity contribution in [3.63, 3.8) is 0 Å². The summed E-state index contributed by atoms with van der Waals surface area (Å²) < 4.78 is 1.66. The van der Waals surface area contributed by atoms with Gasteiger partial charge in [0.25, 0.3) is 0 Å². The molecule has 0 unspecified atom stereocenters. The first-order valence-electron chi connectivity index (χ1n) is 5.86. The molecule has 2 rings (SSSR count). The van der Waals surface area contributed by atoms with Crippen LogP contribution in [0.2, 0.25) is 0 Å². The van der Waals surface area contributed by atoms with Crippen molar-refractivity contribution in [2.45, 2.75) is 33.7 Å². The number of hydrogen-bond donors (Lipinski definition) is 1. The van der Waals surface area contributed by atoms with E-state index in [1.54, 1.807) is 4.68 Å². The molecule has 0 amide bonds. The minimum absolute atomic E-state index is 0.159. The molecule has 0 spiro atoms. The molecule has 2 aromatic rings. The third-order valence-electron chi connectivity index (χ3n) is 3.00. The van der Waals surface area contributed by atoms with Gasteiger partial charge in [-0.15, -0.1) is 0 Å². The predicted molar refractivity (Wildman–Crippen MR) is 69.2 cm³/mol. The summed E-state index contributed by atoms with van der Waals surface area (Å²) in [6, 6.07) is 8.25. The normalized spacial score (nSPS) is 11.1. The van der Waals surface area contributed by atoms with E-state index in [1.165, 1.54) is 5.56 Å². The number of aromatic nitrogens is 2. The molecule has 1 aromatic carbocycles. The Morgan fingerprint density at radius 2 is 1.82 bits per heavy atom. The number of benzene rings is 1. The lowest BCUT2D eigenvalue weighted by molar-refractivity contribution is 0.375. The van der Waals surface area contributed by atoms with E-state index in [2.05, 4.69) is 18.1 Å². The first-order chi connectivity index (χ1) is 8.02. The average molecular weight is 230 g/mol. The summed E-state index contributed by atoms with van der Waals surface area (Å²) in [5.74, 6) is 0.262. The van der Waals surface area contributed by atoms with E-state index in [0.717, 1.165) is 16.8 Å². The molecule has 1 N–H and O–H groups in total. The first-order valence-corrected chi connectivity index (χ1v) is 5.86. The molecule has 90 valence electrons. The van der Waals surface area contributed by atoms with Crippen LogP contribution in [0, 0.1) is 13.8 Å². The smallest absolute Gasteiger partial charge is 0.213 e. The highest BCUT2D eigenvalue weighted by Crippen LogP contribution is 2.32. The fourth-order valence-electron chi connectivity index (χ4n) is 1.96. The lowest BCUT2D eigenvalue weighted by atomic mass is 10.0. The molecular weight excluding hydrogens is 212 g/mol. The van der Waals surface area contributed by atoms with Crippen molar-refractivity contribution in [1.29, 1.82) is 0 Å². The Bertz CT molecular complexity index is 541. The Morgan fingerprint density at radius 3 is 2.35 bits per heavy atom. The summed E-state index contributed by atoms with van der Waals surface area (Å²) in [4.78, 5) is 0. The van der Waals surface area contributed by atoms with Crippen molar-refractivity contribution in [2.75, 3.05) is 0 Å². The molecular formula is C14H18N2O. The molecule has 0 aliphatic heterocycles. The molecule has 0 aliphatic rings. The van der Waals surface area contributed by atoms with Crippen molar-refractivity contribution in [2.24, 2.45) is 0 Å². The highest BCUT2D eigenvalue weighted by atomic mass is 16.3. The number of aryl methyl sites for hydroxylation is 1. The van der Waals surface area contributed by atoms with Gasteiger partial charge in [0.1, 0.15) is 0 Å². The Morgan fingerprint density at radius 1 is 1.18 bits per heavy atom. The monoisotopic (exact) mass is 230 g/mol. The number of aromatic hydroxyl groups is 1. The Labute approximate surface area is 102 Å². The summed E-state index contributed by atoms with van der Waals surface area (Å²) in [6.07, 6.45) is 0. The van der Waals surface area contributed by atoms with Crippen LogP contribution in [0.25, 0.3) is 11.3 Å². The average Bonchev–Trinajstić information content (AvgIpc) is 2.57. The molecule has 1 heterocycles. The van der Waals surface area contributed by atoms with E-state index in [9.17, 15) is 5.11 Å². The third kappa shape index (κ3) is 1.93. The Balaban J connectivity index is 2.61. The van der Waals surface area contributed by atoms with Gasteiger partial charge in [-0.05, 0) is 33.3 Å². The van der Waals surface area contributed by atoms with E-state index in [-0.39, 0.29) is 11.9 Å². The number of rotatable bonds is 2. The van der Waals surface area contributed by atoms with Crippen LogP contribution in [-0.4, -0.2) is 14.9 Å². The second-order valence-electron chi connectivity index (χ2n) is 4.65. The SMILES string of the molecule is Cc1ccccc1-c1nn(C(C)C)c(O)c1C. The van der Waals surface area contributed by atoms with Gasteiger partial charge in [0.15, 0.2) is 0 Å². The zero-order valence-electron chi connectivity index (χ0n) is 10.7. The summed E-state index contributed by atoms with van der Waals surface area (Å²) in [5, 5.41) is 14.5. The zero-order valence-corrected chi connectivity index (χ0v) is 10.7. The lowest BCUT2D eigenvalue weighted by Crippen LogP contribution is -2.02. The molecule has 0 saturated carbocycles. The largest absolute Gasteiger partial charge is 0.493 e. The van der Waals surface area contributed by atoms with Gasteiger partial charge in [0.05, 0.1) is 11.7 Å². The first kappa shape index (κ1) is 11.7. The molecule has 1 aromatic heterocycles. The maximum Gasteiger partial charge on any atom is 0.213 e. The molecule has 3 nitrogen and oxygen atoms in total. The summed E-state index contributed by atoms with van der Waals surface area (Å²) in [5.41, 5.74) is 3.96. The van der Waals surface area contributed by atoms with Gasteiger partial charge in [0, 0.05) is 11.1 Å². The molecule has 0 fully saturated rings. The van der Waals surface area contributed by atoms with Crippen LogP contribution < -0.4 is 0 Å². The number of nitrogens with zero attached hydrogens (tertiary/aromatic N) is 2. The van der Waals surface area contributed by atoms with Gasteiger partial charge in [0.2, 0.25) is 5.88 Å². The van der Waals surface area contributed by atoms with E-state index in [4.69, 9.17) is 0 Å². The molecule has 3 heteroatoms. The molecule has 17 heavy (non-hydrogen) atoms. The molecule has 0 aliphatic carbocycles. The number of hydrogen-bond acceptors (Lipinski definition) is 2. The second-order valence-corrected chi connectivity index (χ2v) is 4.65. The van der Waals surface area contributed by atoms with E-state index in [0.29, 0.717) is 0 Å². The standard InChI is InChI=1S/C14H18N2O/c1-9(2)16-14(17)11(4)13(15-16)12-8-6-5-7-10(12)3/h5-9,17H,1-4H3. The zero-order chi connectivity index (χ0) is 12.6. The van der Waals surface area contributed by atoms with Crippen LogP contribution in [0.4, 0.5) is 0 Å². The highest BCUT2D eigenvalue weighted by molar-refractivity contribution is 5.68. The molecule has 0 bridgehead atoms. The Kier molecular flexibility index (Phi) is 2.92. The van der Waals surface area contributed by atoms with Gasteiger partial charge >= 0.3 is 0 Å². The maximum absolute atomic E-state index is 10.0. The quantitative estimate of drug-likeness (QED) is 0.858. The van der Waals surface area contributed by atoms with Crippen molar-refractivity contribution < 1.29 is 5.11 Å². The van der Waals surface area contributed by atoms with Gasteiger partial charge in [-0.3, -0.25) is 0 Å². The summed E-state index contributed by atoms with van der Waals surface area (Å²) in [7, 11) is 0. The fraction of sp³-hybridized carbons (Fsp3) is 0.357. The summed E-state index contributed by atoms with van der Waals surface area (Å²) in [6.45, 7) is 7.98. The maximum atomic E-state index is 10.0. The van der Waals surface area contributed by atoms with Crippen LogP contribution >= 0.6 is 0 Å². The third-order valence-corrected chi connectivity index (χ3v) is 3.00.